The maximum atomic E-state index is 12.9. The van der Waals surface area contributed by atoms with Gasteiger partial charge in [-0.15, -0.1) is 0 Å². The van der Waals surface area contributed by atoms with Crippen molar-refractivity contribution in [3.05, 3.63) is 34.6 Å². The molecule has 1 aliphatic rings. The number of carbonyl (C=O) groups is 2. The molecule has 0 heterocycles. The molecule has 0 spiro atoms. The van der Waals surface area contributed by atoms with Crippen LogP contribution in [0.4, 0.5) is 0 Å². The van der Waals surface area contributed by atoms with Gasteiger partial charge in [0, 0.05) is 5.92 Å². The van der Waals surface area contributed by atoms with Crippen LogP contribution in [0.25, 0.3) is 0 Å². The summed E-state index contributed by atoms with van der Waals surface area (Å²) in [6.07, 6.45) is 4.92. The fraction of sp³-hybridized carbons (Fsp3) is 0.619. The van der Waals surface area contributed by atoms with E-state index >= 15 is 0 Å². The smallest absolute Gasteiger partial charge is 0.176 e. The van der Waals surface area contributed by atoms with Crippen molar-refractivity contribution in [1.29, 1.82) is 0 Å². The highest BCUT2D eigenvalue weighted by Gasteiger charge is 2.54. The van der Waals surface area contributed by atoms with E-state index in [0.29, 0.717) is 12.8 Å². The molecular weight excluding hydrogens is 332 g/mol. The number of aliphatic hydroxyl groups is 3. The van der Waals surface area contributed by atoms with Crippen molar-refractivity contribution in [1.82, 2.24) is 0 Å². The highest BCUT2D eigenvalue weighted by molar-refractivity contribution is 6.24. The molecule has 0 saturated carbocycles. The van der Waals surface area contributed by atoms with E-state index in [1.165, 1.54) is 0 Å². The first-order valence-corrected chi connectivity index (χ1v) is 9.24. The lowest BCUT2D eigenvalue weighted by molar-refractivity contribution is -0.127. The molecule has 0 fully saturated rings. The summed E-state index contributed by atoms with van der Waals surface area (Å²) in [4.78, 5) is 25.5. The maximum Gasteiger partial charge on any atom is 0.176 e. The zero-order valence-electron chi connectivity index (χ0n) is 16.5. The average molecular weight is 364 g/mol. The number of rotatable bonds is 9. The molecule has 146 valence electrons. The Morgan fingerprint density at radius 1 is 1.27 bits per heavy atom. The molecule has 1 aliphatic carbocycles. The first kappa shape index (κ1) is 22.3. The summed E-state index contributed by atoms with van der Waals surface area (Å²) < 4.78 is 0. The van der Waals surface area contributed by atoms with Gasteiger partial charge in [-0.1, -0.05) is 37.1 Å². The van der Waals surface area contributed by atoms with Gasteiger partial charge in [0.2, 0.25) is 0 Å². The topological polar surface area (TPSA) is 94.8 Å². The van der Waals surface area contributed by atoms with Crippen molar-refractivity contribution in [2.45, 2.75) is 65.9 Å². The second-order valence-electron chi connectivity index (χ2n) is 7.50. The van der Waals surface area contributed by atoms with E-state index < -0.39 is 28.8 Å². The van der Waals surface area contributed by atoms with Gasteiger partial charge < -0.3 is 15.3 Å². The number of allylic oxidation sites excluding steroid dienone is 4. The maximum absolute atomic E-state index is 12.9. The van der Waals surface area contributed by atoms with E-state index in [9.17, 15) is 19.8 Å². The standard InChI is InChI=1S/C21H32O5/c1-6-15(5)18(23)17-19(24)16(10-9-13(2)3)21(26,20(17)25)11-7-8-14(4)12-22/h8-9,15-16,22,25-26H,6-7,10-12H2,1-5H3/t15?,16-,21-/m1/s1. The quantitative estimate of drug-likeness (QED) is 0.430. The van der Waals surface area contributed by atoms with E-state index in [-0.39, 0.29) is 30.9 Å². The average Bonchev–Trinajstić information content (AvgIpc) is 2.77. The summed E-state index contributed by atoms with van der Waals surface area (Å²) in [5.74, 6) is -2.64. The molecular formula is C21H32O5. The SMILES string of the molecule is CCC(C)C(=O)C1=C(O)[C@@](O)(CCC=C(C)CO)[C@H](CC=C(C)C)C1=O. The molecule has 3 atom stereocenters. The molecule has 1 rings (SSSR count). The zero-order chi connectivity index (χ0) is 20.1. The monoisotopic (exact) mass is 364 g/mol. The molecule has 0 amide bonds. The van der Waals surface area contributed by atoms with E-state index in [1.807, 2.05) is 26.8 Å². The summed E-state index contributed by atoms with van der Waals surface area (Å²) >= 11 is 0. The minimum absolute atomic E-state index is 0.0852. The van der Waals surface area contributed by atoms with Crippen LogP contribution in [0.2, 0.25) is 0 Å². The van der Waals surface area contributed by atoms with Crippen molar-refractivity contribution in [3.8, 4) is 0 Å². The minimum Gasteiger partial charge on any atom is -0.508 e. The molecule has 1 unspecified atom stereocenters. The summed E-state index contributed by atoms with van der Waals surface area (Å²) in [7, 11) is 0. The minimum atomic E-state index is -1.76. The Kier molecular flexibility index (Phi) is 7.97. The van der Waals surface area contributed by atoms with Crippen molar-refractivity contribution < 1.29 is 24.9 Å². The summed E-state index contributed by atoms with van der Waals surface area (Å²) in [5.41, 5.74) is -0.249. The molecule has 0 aromatic heterocycles. The number of hydrogen-bond acceptors (Lipinski definition) is 5. The number of hydrogen-bond donors (Lipinski definition) is 3. The Balaban J connectivity index is 3.27. The van der Waals surface area contributed by atoms with Gasteiger partial charge in [-0.3, -0.25) is 9.59 Å². The Morgan fingerprint density at radius 2 is 1.88 bits per heavy atom. The van der Waals surface area contributed by atoms with Crippen LogP contribution < -0.4 is 0 Å². The molecule has 5 heteroatoms. The molecule has 0 radical (unpaired) electrons. The van der Waals surface area contributed by atoms with Crippen LogP contribution >= 0.6 is 0 Å². The number of Topliss-reactive ketones (excluding diaryl/α,β-unsaturated/α-hetero) is 2. The highest BCUT2D eigenvalue weighted by atomic mass is 16.3. The van der Waals surface area contributed by atoms with Crippen LogP contribution in [0.15, 0.2) is 34.6 Å². The zero-order valence-corrected chi connectivity index (χ0v) is 16.5. The third-order valence-corrected chi connectivity index (χ3v) is 5.12. The normalized spacial score (nSPS) is 24.8. The fourth-order valence-electron chi connectivity index (χ4n) is 3.11. The van der Waals surface area contributed by atoms with Gasteiger partial charge in [0.15, 0.2) is 11.6 Å². The Morgan fingerprint density at radius 3 is 2.38 bits per heavy atom. The van der Waals surface area contributed by atoms with Crippen molar-refractivity contribution in [3.63, 3.8) is 0 Å². The van der Waals surface area contributed by atoms with Crippen LogP contribution in [0, 0.1) is 11.8 Å². The Labute approximate surface area is 156 Å². The first-order valence-electron chi connectivity index (χ1n) is 9.24. The molecule has 0 aliphatic heterocycles. The molecule has 0 bridgehead atoms. The lowest BCUT2D eigenvalue weighted by Crippen LogP contribution is -2.38. The predicted octanol–water partition coefficient (Wildman–Crippen LogP) is 3.42. The molecule has 0 saturated heterocycles. The van der Waals surface area contributed by atoms with E-state index in [2.05, 4.69) is 0 Å². The lowest BCUT2D eigenvalue weighted by atomic mass is 9.82. The summed E-state index contributed by atoms with van der Waals surface area (Å²) in [6, 6.07) is 0. The molecule has 0 aromatic carbocycles. The predicted molar refractivity (Wildman–Crippen MR) is 102 cm³/mol. The largest absolute Gasteiger partial charge is 0.508 e. The lowest BCUT2D eigenvalue weighted by Gasteiger charge is -2.28. The molecule has 3 N–H and O–H groups in total. The van der Waals surface area contributed by atoms with Crippen LogP contribution in [0.5, 0.6) is 0 Å². The third-order valence-electron chi connectivity index (χ3n) is 5.12. The van der Waals surface area contributed by atoms with Gasteiger partial charge in [0.25, 0.3) is 0 Å². The van der Waals surface area contributed by atoms with Gasteiger partial charge in [-0.25, -0.2) is 0 Å². The molecule has 0 aromatic rings. The third kappa shape index (κ3) is 4.71. The highest BCUT2D eigenvalue weighted by Crippen LogP contribution is 2.43. The van der Waals surface area contributed by atoms with Gasteiger partial charge in [0.1, 0.15) is 16.9 Å². The Hall–Kier alpha value is -1.72. The second kappa shape index (κ2) is 9.28. The number of ketones is 2. The van der Waals surface area contributed by atoms with Gasteiger partial charge in [-0.2, -0.15) is 0 Å². The van der Waals surface area contributed by atoms with Crippen LogP contribution in [-0.4, -0.2) is 39.1 Å². The van der Waals surface area contributed by atoms with Crippen molar-refractivity contribution in [2.75, 3.05) is 6.61 Å². The number of aliphatic hydroxyl groups excluding tert-OH is 2. The van der Waals surface area contributed by atoms with E-state index in [4.69, 9.17) is 5.11 Å². The van der Waals surface area contributed by atoms with E-state index in [1.54, 1.807) is 19.9 Å². The summed E-state index contributed by atoms with van der Waals surface area (Å²) in [5, 5.41) is 30.9. The summed E-state index contributed by atoms with van der Waals surface area (Å²) in [6.45, 7) is 9.02. The molecule has 26 heavy (non-hydrogen) atoms. The van der Waals surface area contributed by atoms with Crippen LogP contribution in [0.3, 0.4) is 0 Å². The Bertz CT molecular complexity index is 637. The first-order chi connectivity index (χ1) is 12.1. The van der Waals surface area contributed by atoms with Gasteiger partial charge >= 0.3 is 0 Å². The number of carbonyl (C=O) groups excluding carboxylic acids is 2. The second-order valence-corrected chi connectivity index (χ2v) is 7.50. The van der Waals surface area contributed by atoms with Gasteiger partial charge in [-0.05, 0) is 46.5 Å². The van der Waals surface area contributed by atoms with Crippen LogP contribution in [0.1, 0.15) is 60.3 Å². The van der Waals surface area contributed by atoms with Crippen LogP contribution in [-0.2, 0) is 9.59 Å². The van der Waals surface area contributed by atoms with Crippen molar-refractivity contribution in [2.24, 2.45) is 11.8 Å². The van der Waals surface area contributed by atoms with Crippen molar-refractivity contribution >= 4 is 11.6 Å². The molecule has 5 nitrogen and oxygen atoms in total. The van der Waals surface area contributed by atoms with Gasteiger partial charge in [0.05, 0.1) is 12.5 Å². The fourth-order valence-corrected chi connectivity index (χ4v) is 3.11. The van der Waals surface area contributed by atoms with E-state index in [0.717, 1.165) is 11.1 Å².